The molecule has 2 aromatic heterocycles. The molecule has 1 saturated heterocycles. The number of benzene rings is 1. The molecule has 1 amide bonds. The maximum absolute atomic E-state index is 12.2. The van der Waals surface area contributed by atoms with Gasteiger partial charge in [-0.2, -0.15) is 11.3 Å². The Labute approximate surface area is 180 Å². The Morgan fingerprint density at radius 3 is 2.59 bits per heavy atom. The molecule has 0 spiro atoms. The van der Waals surface area contributed by atoms with Crippen LogP contribution in [-0.4, -0.2) is 34.9 Å². The van der Waals surface area contributed by atoms with Crippen LogP contribution < -0.4 is 5.32 Å². The number of aromatic nitrogens is 1. The Hall–Kier alpha value is -2.02. The Morgan fingerprint density at radius 2 is 1.93 bits per heavy atom. The summed E-state index contributed by atoms with van der Waals surface area (Å²) in [5.41, 5.74) is 4.47. The van der Waals surface area contributed by atoms with Crippen LogP contribution in [0.4, 0.5) is 0 Å². The van der Waals surface area contributed by atoms with Gasteiger partial charge in [0.2, 0.25) is 0 Å². The van der Waals surface area contributed by atoms with Crippen LogP contribution in [0.1, 0.15) is 54.2 Å². The summed E-state index contributed by atoms with van der Waals surface area (Å²) < 4.78 is 0. The molecule has 1 aliphatic heterocycles. The van der Waals surface area contributed by atoms with E-state index >= 15 is 0 Å². The van der Waals surface area contributed by atoms with Gasteiger partial charge in [-0.15, -0.1) is 11.3 Å². The summed E-state index contributed by atoms with van der Waals surface area (Å²) >= 11 is 3.28. The molecule has 0 radical (unpaired) electrons. The van der Waals surface area contributed by atoms with Gasteiger partial charge in [-0.3, -0.25) is 9.69 Å². The first-order valence-electron chi connectivity index (χ1n) is 10.2. The largest absolute Gasteiger partial charge is 0.349 e. The quantitative estimate of drug-likeness (QED) is 0.576. The van der Waals surface area contributed by atoms with E-state index in [0.717, 1.165) is 48.7 Å². The highest BCUT2D eigenvalue weighted by Crippen LogP contribution is 2.26. The van der Waals surface area contributed by atoms with Gasteiger partial charge in [0.05, 0.1) is 5.69 Å². The third kappa shape index (κ3) is 5.13. The zero-order valence-electron chi connectivity index (χ0n) is 16.9. The highest BCUT2D eigenvalue weighted by Gasteiger charge is 2.22. The number of nitrogens with zero attached hydrogens (tertiary/aromatic N) is 2. The van der Waals surface area contributed by atoms with Crippen molar-refractivity contribution in [2.24, 2.45) is 0 Å². The van der Waals surface area contributed by atoms with Crippen molar-refractivity contribution in [3.63, 3.8) is 0 Å². The molecule has 3 heterocycles. The van der Waals surface area contributed by atoms with E-state index in [-0.39, 0.29) is 11.9 Å². The maximum atomic E-state index is 12.2. The molecule has 3 aromatic rings. The van der Waals surface area contributed by atoms with E-state index in [4.69, 9.17) is 4.98 Å². The lowest BCUT2D eigenvalue weighted by Gasteiger charge is -2.31. The van der Waals surface area contributed by atoms with E-state index in [1.807, 2.05) is 16.8 Å². The third-order valence-electron chi connectivity index (χ3n) is 5.47. The Bertz CT molecular complexity index is 923. The Balaban J connectivity index is 1.28. The molecule has 0 aliphatic carbocycles. The Morgan fingerprint density at radius 1 is 1.17 bits per heavy atom. The fraction of sp³-hybridized carbons (Fsp3) is 0.391. The second kappa shape index (κ2) is 9.20. The van der Waals surface area contributed by atoms with E-state index in [2.05, 4.69) is 53.7 Å². The van der Waals surface area contributed by atoms with E-state index in [1.54, 1.807) is 22.7 Å². The lowest BCUT2D eigenvalue weighted by Crippen LogP contribution is -2.44. The predicted octanol–water partition coefficient (Wildman–Crippen LogP) is 5.39. The molecule has 0 bridgehead atoms. The van der Waals surface area contributed by atoms with Crippen molar-refractivity contribution in [2.45, 2.75) is 45.2 Å². The Kier molecular flexibility index (Phi) is 6.43. The van der Waals surface area contributed by atoms with Gasteiger partial charge in [0.15, 0.2) is 0 Å². The van der Waals surface area contributed by atoms with Crippen molar-refractivity contribution in [1.82, 2.24) is 15.2 Å². The van der Waals surface area contributed by atoms with Crippen molar-refractivity contribution in [1.29, 1.82) is 0 Å². The van der Waals surface area contributed by atoms with E-state index < -0.39 is 0 Å². The molecule has 1 fully saturated rings. The highest BCUT2D eigenvalue weighted by molar-refractivity contribution is 7.13. The summed E-state index contributed by atoms with van der Waals surface area (Å²) in [6.45, 7) is 7.29. The summed E-state index contributed by atoms with van der Waals surface area (Å²) in [5, 5.41) is 10.3. The fourth-order valence-corrected chi connectivity index (χ4v) is 5.10. The minimum atomic E-state index is 0.0531. The number of likely N-dealkylation sites (tertiary alicyclic amines) is 1. The van der Waals surface area contributed by atoms with E-state index in [0.29, 0.717) is 5.92 Å². The standard InChI is InChI=1S/C23H27N3OS2/c1-16(2)17-3-5-18(6-4-17)23-25-21(15-29-23)13-26-10-7-20(8-11-26)24-22(27)19-9-12-28-14-19/h3-6,9,12,14-16,20H,7-8,10-11,13H2,1-2H3,(H,24,27). The number of carbonyl (C=O) groups is 1. The van der Waals surface area contributed by atoms with Crippen molar-refractivity contribution < 1.29 is 4.79 Å². The SMILES string of the molecule is CC(C)c1ccc(-c2nc(CN3CCC(NC(=O)c4ccsc4)CC3)cs2)cc1. The number of amides is 1. The predicted molar refractivity (Wildman–Crippen MR) is 122 cm³/mol. The summed E-state index contributed by atoms with van der Waals surface area (Å²) in [7, 11) is 0. The van der Waals surface area contributed by atoms with Crippen LogP contribution in [0.15, 0.2) is 46.5 Å². The molecule has 4 rings (SSSR count). The highest BCUT2D eigenvalue weighted by atomic mass is 32.1. The summed E-state index contributed by atoms with van der Waals surface area (Å²) in [6, 6.07) is 10.9. The zero-order valence-corrected chi connectivity index (χ0v) is 18.6. The number of hydrogen-bond acceptors (Lipinski definition) is 5. The van der Waals surface area contributed by atoms with Gasteiger partial charge in [0.25, 0.3) is 5.91 Å². The smallest absolute Gasteiger partial charge is 0.252 e. The molecule has 0 unspecified atom stereocenters. The van der Waals surface area contributed by atoms with Crippen molar-refractivity contribution >= 4 is 28.6 Å². The number of nitrogens with one attached hydrogen (secondary N) is 1. The van der Waals surface area contributed by atoms with Gasteiger partial charge in [0, 0.05) is 47.6 Å². The van der Waals surface area contributed by atoms with Crippen LogP contribution in [0.3, 0.4) is 0 Å². The number of thiazole rings is 1. The number of rotatable bonds is 6. The number of hydrogen-bond donors (Lipinski definition) is 1. The number of thiophene rings is 1. The van der Waals surface area contributed by atoms with Crippen LogP contribution in [0.5, 0.6) is 0 Å². The van der Waals surface area contributed by atoms with Crippen LogP contribution in [-0.2, 0) is 6.54 Å². The minimum Gasteiger partial charge on any atom is -0.349 e. The summed E-state index contributed by atoms with van der Waals surface area (Å²) in [4.78, 5) is 19.5. The molecule has 1 N–H and O–H groups in total. The monoisotopic (exact) mass is 425 g/mol. The van der Waals surface area contributed by atoms with Gasteiger partial charge < -0.3 is 5.32 Å². The molecule has 29 heavy (non-hydrogen) atoms. The maximum Gasteiger partial charge on any atom is 0.252 e. The molecular formula is C23H27N3OS2. The van der Waals surface area contributed by atoms with Gasteiger partial charge in [-0.25, -0.2) is 4.98 Å². The van der Waals surface area contributed by atoms with Crippen LogP contribution in [0.25, 0.3) is 10.6 Å². The van der Waals surface area contributed by atoms with Crippen LogP contribution in [0, 0.1) is 0 Å². The molecule has 1 aromatic carbocycles. The van der Waals surface area contributed by atoms with Gasteiger partial charge >= 0.3 is 0 Å². The van der Waals surface area contributed by atoms with Crippen molar-refractivity contribution in [2.75, 3.05) is 13.1 Å². The second-order valence-electron chi connectivity index (χ2n) is 7.96. The first-order valence-corrected chi connectivity index (χ1v) is 12.0. The lowest BCUT2D eigenvalue weighted by molar-refractivity contribution is 0.0909. The molecular weight excluding hydrogens is 398 g/mol. The van der Waals surface area contributed by atoms with Crippen LogP contribution >= 0.6 is 22.7 Å². The third-order valence-corrected chi connectivity index (χ3v) is 7.09. The van der Waals surface area contributed by atoms with Gasteiger partial charge in [-0.05, 0) is 35.8 Å². The van der Waals surface area contributed by atoms with E-state index in [9.17, 15) is 4.79 Å². The number of piperidine rings is 1. The first kappa shape index (κ1) is 20.3. The topological polar surface area (TPSA) is 45.2 Å². The minimum absolute atomic E-state index is 0.0531. The summed E-state index contributed by atoms with van der Waals surface area (Å²) in [6.07, 6.45) is 1.98. The van der Waals surface area contributed by atoms with Gasteiger partial charge in [0.1, 0.15) is 5.01 Å². The molecule has 152 valence electrons. The summed E-state index contributed by atoms with van der Waals surface area (Å²) in [5.74, 6) is 0.603. The average Bonchev–Trinajstić information content (AvgIpc) is 3.42. The number of carbonyl (C=O) groups excluding carboxylic acids is 1. The molecule has 0 atom stereocenters. The fourth-order valence-electron chi connectivity index (χ4n) is 3.65. The first-order chi connectivity index (χ1) is 14.1. The molecule has 1 aliphatic rings. The normalized spacial score (nSPS) is 15.7. The van der Waals surface area contributed by atoms with Crippen molar-refractivity contribution in [3.8, 4) is 10.6 Å². The van der Waals surface area contributed by atoms with Gasteiger partial charge in [-0.1, -0.05) is 38.1 Å². The molecule has 4 nitrogen and oxygen atoms in total. The molecule has 6 heteroatoms. The lowest BCUT2D eigenvalue weighted by atomic mass is 10.0. The van der Waals surface area contributed by atoms with Crippen molar-refractivity contribution in [3.05, 3.63) is 63.3 Å². The average molecular weight is 426 g/mol. The zero-order chi connectivity index (χ0) is 20.2. The van der Waals surface area contributed by atoms with Crippen LogP contribution in [0.2, 0.25) is 0 Å². The van der Waals surface area contributed by atoms with E-state index in [1.165, 1.54) is 11.1 Å². The second-order valence-corrected chi connectivity index (χ2v) is 9.59. The molecule has 0 saturated carbocycles.